The van der Waals surface area contributed by atoms with Gasteiger partial charge in [0, 0.05) is 5.75 Å². The van der Waals surface area contributed by atoms with Crippen LogP contribution in [0.4, 0.5) is 0 Å². The standard InChI is InChI=1S/C3H7NO2S.C2N2/c4-2(1-7)3(5)6;3-1-2-4/h2,7H,1,4H2,(H,5,6);. The number of thiol groups is 1. The van der Waals surface area contributed by atoms with E-state index in [0.29, 0.717) is 0 Å². The van der Waals surface area contributed by atoms with Crippen LogP contribution in [0.25, 0.3) is 0 Å². The van der Waals surface area contributed by atoms with Crippen molar-refractivity contribution in [1.82, 2.24) is 0 Å². The van der Waals surface area contributed by atoms with Crippen LogP contribution < -0.4 is 5.73 Å². The number of aliphatic carboxylic acids is 1. The summed E-state index contributed by atoms with van der Waals surface area (Å²) in [6.07, 6.45) is 0. The summed E-state index contributed by atoms with van der Waals surface area (Å²) in [4.78, 5) is 9.76. The number of carboxylic acid groups (broad SMARTS) is 1. The van der Waals surface area contributed by atoms with Gasteiger partial charge in [-0.05, 0) is 0 Å². The van der Waals surface area contributed by atoms with Crippen molar-refractivity contribution in [3.05, 3.63) is 0 Å². The molecule has 1 unspecified atom stereocenters. The van der Waals surface area contributed by atoms with E-state index < -0.39 is 12.0 Å². The normalized spacial score (nSPS) is 9.45. The zero-order valence-electron chi connectivity index (χ0n) is 5.56. The first-order valence-electron chi connectivity index (χ1n) is 2.47. The first-order chi connectivity index (χ1) is 5.09. The Hall–Kier alpha value is -1.24. The van der Waals surface area contributed by atoms with Crippen LogP contribution >= 0.6 is 12.6 Å². The topological polar surface area (TPSA) is 111 Å². The van der Waals surface area contributed by atoms with Gasteiger partial charge in [0.15, 0.2) is 12.1 Å². The zero-order valence-corrected chi connectivity index (χ0v) is 6.45. The lowest BCUT2D eigenvalue weighted by atomic mass is 10.4. The highest BCUT2D eigenvalue weighted by molar-refractivity contribution is 7.80. The molecular formula is C5H7N3O2S. The van der Waals surface area contributed by atoms with Crippen molar-refractivity contribution in [3.63, 3.8) is 0 Å². The van der Waals surface area contributed by atoms with E-state index in [-0.39, 0.29) is 5.75 Å². The Balaban J connectivity index is 0. The molecule has 0 fully saturated rings. The van der Waals surface area contributed by atoms with Crippen LogP contribution in [-0.2, 0) is 4.79 Å². The molecule has 3 N–H and O–H groups in total. The van der Waals surface area contributed by atoms with E-state index >= 15 is 0 Å². The fourth-order valence-electron chi connectivity index (χ4n) is 0.0781. The second kappa shape index (κ2) is 8.76. The van der Waals surface area contributed by atoms with Crippen molar-refractivity contribution in [2.75, 3.05) is 5.75 Å². The highest BCUT2D eigenvalue weighted by Crippen LogP contribution is 1.80. The third-order valence-electron chi connectivity index (χ3n) is 0.564. The molecule has 0 rings (SSSR count). The van der Waals surface area contributed by atoms with Crippen molar-refractivity contribution in [3.8, 4) is 12.1 Å². The molecule has 6 heteroatoms. The maximum Gasteiger partial charge on any atom is 0.321 e. The molecule has 1 atom stereocenters. The molecule has 0 aromatic carbocycles. The maximum atomic E-state index is 9.76. The number of nitrogens with two attached hydrogens (primary N) is 1. The highest BCUT2D eigenvalue weighted by atomic mass is 32.1. The first kappa shape index (κ1) is 12.4. The smallest absolute Gasteiger partial charge is 0.321 e. The third kappa shape index (κ3) is 12.1. The van der Waals surface area contributed by atoms with Gasteiger partial charge in [0.2, 0.25) is 0 Å². The predicted octanol–water partition coefficient (Wildman–Crippen LogP) is -0.638. The van der Waals surface area contributed by atoms with E-state index in [2.05, 4.69) is 12.6 Å². The minimum absolute atomic E-state index is 0.190. The summed E-state index contributed by atoms with van der Waals surface area (Å²) in [6, 6.07) is 1.66. The number of carboxylic acids is 1. The molecule has 0 aliphatic heterocycles. The number of hydrogen-bond acceptors (Lipinski definition) is 5. The summed E-state index contributed by atoms with van der Waals surface area (Å²) >= 11 is 3.65. The molecule has 0 aliphatic carbocycles. The van der Waals surface area contributed by atoms with Crippen LogP contribution in [0.3, 0.4) is 0 Å². The first-order valence-corrected chi connectivity index (χ1v) is 3.10. The molecule has 0 heterocycles. The number of carbonyl (C=O) groups is 1. The minimum Gasteiger partial charge on any atom is -0.480 e. The number of nitriles is 2. The summed E-state index contributed by atoms with van der Waals surface area (Å²) in [6.45, 7) is 0. The fourth-order valence-corrected chi connectivity index (χ4v) is 0.234. The lowest BCUT2D eigenvalue weighted by Gasteiger charge is -1.96. The fraction of sp³-hybridized carbons (Fsp3) is 0.400. The van der Waals surface area contributed by atoms with Gasteiger partial charge in [0.1, 0.15) is 6.04 Å². The minimum atomic E-state index is -1.00. The van der Waals surface area contributed by atoms with Gasteiger partial charge in [-0.3, -0.25) is 4.79 Å². The molecule has 0 aromatic heterocycles. The van der Waals surface area contributed by atoms with Crippen molar-refractivity contribution in [2.45, 2.75) is 6.04 Å². The van der Waals surface area contributed by atoms with Crippen LogP contribution in [-0.4, -0.2) is 22.9 Å². The van der Waals surface area contributed by atoms with Crippen LogP contribution in [0, 0.1) is 22.7 Å². The average molecular weight is 173 g/mol. The van der Waals surface area contributed by atoms with Crippen molar-refractivity contribution >= 4 is 18.6 Å². The summed E-state index contributed by atoms with van der Waals surface area (Å²) in [5.74, 6) is -0.815. The van der Waals surface area contributed by atoms with Gasteiger partial charge >= 0.3 is 5.97 Å². The lowest BCUT2D eigenvalue weighted by molar-refractivity contribution is -0.137. The third-order valence-corrected chi connectivity index (χ3v) is 0.957. The summed E-state index contributed by atoms with van der Waals surface area (Å²) in [5.41, 5.74) is 4.94. The van der Waals surface area contributed by atoms with Gasteiger partial charge in [-0.15, -0.1) is 0 Å². The molecule has 5 nitrogen and oxygen atoms in total. The highest BCUT2D eigenvalue weighted by Gasteiger charge is 2.06. The second-order valence-electron chi connectivity index (χ2n) is 1.35. The SMILES string of the molecule is N#CC#N.NC(CS)C(=O)O. The Morgan fingerprint density at radius 1 is 1.64 bits per heavy atom. The summed E-state index contributed by atoms with van der Waals surface area (Å²) < 4.78 is 0. The Morgan fingerprint density at radius 3 is 2.00 bits per heavy atom. The van der Waals surface area contributed by atoms with Crippen LogP contribution in [0.15, 0.2) is 0 Å². The Kier molecular flexibility index (Phi) is 9.90. The average Bonchev–Trinajstić information content (AvgIpc) is 2.03. The molecule has 60 valence electrons. The molecular weight excluding hydrogens is 166 g/mol. The zero-order chi connectivity index (χ0) is 9.28. The van der Waals surface area contributed by atoms with E-state index in [0.717, 1.165) is 0 Å². The van der Waals surface area contributed by atoms with E-state index in [1.165, 1.54) is 12.1 Å². The van der Waals surface area contributed by atoms with Crippen LogP contribution in [0.5, 0.6) is 0 Å². The van der Waals surface area contributed by atoms with Gasteiger partial charge in [0.05, 0.1) is 0 Å². The molecule has 0 spiro atoms. The predicted molar refractivity (Wildman–Crippen MR) is 40.7 cm³/mol. The van der Waals surface area contributed by atoms with Gasteiger partial charge in [0.25, 0.3) is 0 Å². The monoisotopic (exact) mass is 173 g/mol. The van der Waals surface area contributed by atoms with Gasteiger partial charge in [-0.2, -0.15) is 23.2 Å². The quantitative estimate of drug-likeness (QED) is 0.481. The lowest BCUT2D eigenvalue weighted by Crippen LogP contribution is -2.31. The molecule has 0 saturated carbocycles. The molecule has 0 saturated heterocycles. The van der Waals surface area contributed by atoms with Crippen LogP contribution in [0.2, 0.25) is 0 Å². The molecule has 0 amide bonds. The Labute approximate surface area is 69.4 Å². The molecule has 0 bridgehead atoms. The maximum absolute atomic E-state index is 9.76. The molecule has 0 radical (unpaired) electrons. The molecule has 0 aliphatic rings. The molecule has 0 aromatic rings. The van der Waals surface area contributed by atoms with Gasteiger partial charge in [-0.25, -0.2) is 0 Å². The Bertz CT molecular complexity index is 181. The van der Waals surface area contributed by atoms with E-state index in [1.807, 2.05) is 0 Å². The van der Waals surface area contributed by atoms with E-state index in [4.69, 9.17) is 21.4 Å². The number of nitrogens with zero attached hydrogens (tertiary/aromatic N) is 2. The van der Waals surface area contributed by atoms with E-state index in [9.17, 15) is 4.79 Å². The second-order valence-corrected chi connectivity index (χ2v) is 1.72. The van der Waals surface area contributed by atoms with Gasteiger partial charge < -0.3 is 10.8 Å². The van der Waals surface area contributed by atoms with Gasteiger partial charge in [-0.1, -0.05) is 0 Å². The van der Waals surface area contributed by atoms with Crippen molar-refractivity contribution in [1.29, 1.82) is 10.5 Å². The van der Waals surface area contributed by atoms with E-state index in [1.54, 1.807) is 0 Å². The number of rotatable bonds is 2. The summed E-state index contributed by atoms with van der Waals surface area (Å²) in [5, 5.41) is 22.5. The van der Waals surface area contributed by atoms with Crippen molar-refractivity contribution in [2.24, 2.45) is 5.73 Å². The largest absolute Gasteiger partial charge is 0.480 e. The number of hydrogen-bond donors (Lipinski definition) is 3. The Morgan fingerprint density at radius 2 is 2.00 bits per heavy atom. The molecule has 11 heavy (non-hydrogen) atoms. The van der Waals surface area contributed by atoms with Crippen LogP contribution in [0.1, 0.15) is 0 Å². The summed E-state index contributed by atoms with van der Waals surface area (Å²) in [7, 11) is 0. The van der Waals surface area contributed by atoms with Crippen molar-refractivity contribution < 1.29 is 9.90 Å².